The van der Waals surface area contributed by atoms with E-state index in [2.05, 4.69) is 62.4 Å². The molecule has 2 nitrogen and oxygen atoms in total. The van der Waals surface area contributed by atoms with E-state index in [-0.39, 0.29) is 0 Å². The molecular weight excluding hydrogens is 280 g/mol. The molecular formula is C21H24N2. The Morgan fingerprint density at radius 1 is 0.826 bits per heavy atom. The number of benzene rings is 2. The van der Waals surface area contributed by atoms with Gasteiger partial charge >= 0.3 is 0 Å². The standard InChI is InChI=1S/C21H24N2/c1-14-9-20(18-7-3-5-16(10-18)12-22)21(15(14)2)19-8-4-6-17(11-19)13-23/h3-8,10-11H,9,12-13,22-23H2,1-2H3. The highest BCUT2D eigenvalue weighted by Crippen LogP contribution is 2.43. The maximum atomic E-state index is 5.82. The molecule has 0 heterocycles. The Balaban J connectivity index is 2.16. The fourth-order valence-electron chi connectivity index (χ4n) is 3.30. The number of rotatable bonds is 4. The first-order chi connectivity index (χ1) is 11.1. The minimum absolute atomic E-state index is 0.570. The van der Waals surface area contributed by atoms with E-state index in [4.69, 9.17) is 11.5 Å². The van der Waals surface area contributed by atoms with Gasteiger partial charge in [-0.25, -0.2) is 0 Å². The molecule has 0 bridgehead atoms. The number of nitrogens with two attached hydrogens (primary N) is 2. The summed E-state index contributed by atoms with van der Waals surface area (Å²) in [7, 11) is 0. The maximum Gasteiger partial charge on any atom is 0.0178 e. The molecule has 0 fully saturated rings. The summed E-state index contributed by atoms with van der Waals surface area (Å²) in [6, 6.07) is 17.2. The van der Waals surface area contributed by atoms with Gasteiger partial charge in [0, 0.05) is 13.1 Å². The van der Waals surface area contributed by atoms with E-state index >= 15 is 0 Å². The SMILES string of the molecule is CC1=C(C)C(c2cccc(CN)c2)=C(c2cccc(CN)c2)C1. The van der Waals surface area contributed by atoms with Crippen molar-refractivity contribution in [2.75, 3.05) is 0 Å². The first-order valence-corrected chi connectivity index (χ1v) is 8.12. The van der Waals surface area contributed by atoms with E-state index < -0.39 is 0 Å². The normalized spacial score (nSPS) is 14.8. The third kappa shape index (κ3) is 3.00. The average molecular weight is 304 g/mol. The first kappa shape index (κ1) is 15.7. The quantitative estimate of drug-likeness (QED) is 0.887. The lowest BCUT2D eigenvalue weighted by atomic mass is 9.92. The molecule has 0 radical (unpaired) electrons. The lowest BCUT2D eigenvalue weighted by Gasteiger charge is -2.12. The number of hydrogen-bond donors (Lipinski definition) is 2. The minimum atomic E-state index is 0.570. The Bertz CT molecular complexity index is 797. The van der Waals surface area contributed by atoms with Crippen LogP contribution in [-0.4, -0.2) is 0 Å². The van der Waals surface area contributed by atoms with Crippen molar-refractivity contribution in [2.24, 2.45) is 11.5 Å². The van der Waals surface area contributed by atoms with Gasteiger partial charge in [0.1, 0.15) is 0 Å². The second-order valence-electron chi connectivity index (χ2n) is 6.24. The summed E-state index contributed by atoms with van der Waals surface area (Å²) in [5.74, 6) is 0. The largest absolute Gasteiger partial charge is 0.326 e. The van der Waals surface area contributed by atoms with Crippen LogP contribution >= 0.6 is 0 Å². The van der Waals surface area contributed by atoms with Gasteiger partial charge in [-0.1, -0.05) is 48.0 Å². The molecule has 0 spiro atoms. The van der Waals surface area contributed by atoms with Gasteiger partial charge in [0.15, 0.2) is 0 Å². The molecule has 0 saturated heterocycles. The average Bonchev–Trinajstić information content (AvgIpc) is 2.90. The zero-order valence-electron chi connectivity index (χ0n) is 13.9. The second-order valence-corrected chi connectivity index (χ2v) is 6.24. The zero-order valence-corrected chi connectivity index (χ0v) is 13.9. The predicted octanol–water partition coefficient (Wildman–Crippen LogP) is 4.25. The van der Waals surface area contributed by atoms with Crippen LogP contribution in [0.1, 0.15) is 42.5 Å². The van der Waals surface area contributed by atoms with E-state index in [1.54, 1.807) is 0 Å². The van der Waals surface area contributed by atoms with Gasteiger partial charge in [0.2, 0.25) is 0 Å². The minimum Gasteiger partial charge on any atom is -0.326 e. The highest BCUT2D eigenvalue weighted by atomic mass is 14.5. The van der Waals surface area contributed by atoms with Crippen molar-refractivity contribution in [3.8, 4) is 0 Å². The van der Waals surface area contributed by atoms with Crippen LogP contribution in [0, 0.1) is 0 Å². The van der Waals surface area contributed by atoms with Crippen LogP contribution in [-0.2, 0) is 13.1 Å². The Kier molecular flexibility index (Phi) is 4.46. The molecule has 4 N–H and O–H groups in total. The van der Waals surface area contributed by atoms with Gasteiger partial charge in [-0.05, 0) is 65.3 Å². The molecule has 0 saturated carbocycles. The molecule has 0 aromatic heterocycles. The highest BCUT2D eigenvalue weighted by molar-refractivity contribution is 6.02. The van der Waals surface area contributed by atoms with Crippen molar-refractivity contribution in [3.05, 3.63) is 81.9 Å². The van der Waals surface area contributed by atoms with Crippen molar-refractivity contribution in [1.82, 2.24) is 0 Å². The van der Waals surface area contributed by atoms with Crippen LogP contribution in [0.15, 0.2) is 59.7 Å². The highest BCUT2D eigenvalue weighted by Gasteiger charge is 2.21. The fraction of sp³-hybridized carbons (Fsp3) is 0.238. The Morgan fingerprint density at radius 2 is 1.39 bits per heavy atom. The van der Waals surface area contributed by atoms with Gasteiger partial charge in [-0.15, -0.1) is 0 Å². The summed E-state index contributed by atoms with van der Waals surface area (Å²) < 4.78 is 0. The third-order valence-corrected chi connectivity index (χ3v) is 4.72. The molecule has 3 rings (SSSR count). The van der Waals surface area contributed by atoms with Crippen LogP contribution < -0.4 is 11.5 Å². The van der Waals surface area contributed by atoms with E-state index in [0.717, 1.165) is 6.42 Å². The lowest BCUT2D eigenvalue weighted by molar-refractivity contribution is 1.07. The van der Waals surface area contributed by atoms with Gasteiger partial charge in [0.05, 0.1) is 0 Å². The van der Waals surface area contributed by atoms with Gasteiger partial charge in [-0.2, -0.15) is 0 Å². The smallest absolute Gasteiger partial charge is 0.0178 e. The Hall–Kier alpha value is -2.16. The first-order valence-electron chi connectivity index (χ1n) is 8.12. The molecule has 1 aliphatic rings. The summed E-state index contributed by atoms with van der Waals surface area (Å²) in [5.41, 5.74) is 22.1. The van der Waals surface area contributed by atoms with Gasteiger partial charge in [0.25, 0.3) is 0 Å². The van der Waals surface area contributed by atoms with Crippen molar-refractivity contribution in [2.45, 2.75) is 33.4 Å². The summed E-state index contributed by atoms with van der Waals surface area (Å²) in [4.78, 5) is 0. The van der Waals surface area contributed by atoms with Crippen molar-refractivity contribution >= 4 is 11.1 Å². The molecule has 118 valence electrons. The van der Waals surface area contributed by atoms with Crippen molar-refractivity contribution in [3.63, 3.8) is 0 Å². The Morgan fingerprint density at radius 3 is 2.00 bits per heavy atom. The van der Waals surface area contributed by atoms with Crippen LogP contribution in [0.4, 0.5) is 0 Å². The number of hydrogen-bond acceptors (Lipinski definition) is 2. The van der Waals surface area contributed by atoms with Crippen LogP contribution in [0.2, 0.25) is 0 Å². The monoisotopic (exact) mass is 304 g/mol. The second kappa shape index (κ2) is 6.53. The zero-order chi connectivity index (χ0) is 16.4. The van der Waals surface area contributed by atoms with Crippen molar-refractivity contribution < 1.29 is 0 Å². The van der Waals surface area contributed by atoms with E-state index in [1.807, 2.05) is 0 Å². The van der Waals surface area contributed by atoms with Crippen LogP contribution in [0.5, 0.6) is 0 Å². The lowest BCUT2D eigenvalue weighted by Crippen LogP contribution is -1.98. The molecule has 0 atom stereocenters. The molecule has 2 aromatic carbocycles. The molecule has 0 unspecified atom stereocenters. The summed E-state index contributed by atoms with van der Waals surface area (Å²) in [6.45, 7) is 5.59. The molecule has 2 aromatic rings. The molecule has 23 heavy (non-hydrogen) atoms. The Labute approximate surface area is 138 Å². The fourth-order valence-corrected chi connectivity index (χ4v) is 3.30. The number of allylic oxidation sites excluding steroid dienone is 4. The van der Waals surface area contributed by atoms with Crippen LogP contribution in [0.3, 0.4) is 0 Å². The topological polar surface area (TPSA) is 52.0 Å². The summed E-state index contributed by atoms with van der Waals surface area (Å²) in [6.07, 6.45) is 1.00. The van der Waals surface area contributed by atoms with E-state index in [0.29, 0.717) is 13.1 Å². The summed E-state index contributed by atoms with van der Waals surface area (Å²) >= 11 is 0. The third-order valence-electron chi connectivity index (χ3n) is 4.72. The van der Waals surface area contributed by atoms with Gasteiger partial charge < -0.3 is 11.5 Å². The molecule has 0 amide bonds. The summed E-state index contributed by atoms with van der Waals surface area (Å²) in [5, 5.41) is 0. The van der Waals surface area contributed by atoms with Gasteiger partial charge in [-0.3, -0.25) is 0 Å². The molecule has 2 heteroatoms. The predicted molar refractivity (Wildman–Crippen MR) is 98.5 cm³/mol. The maximum absolute atomic E-state index is 5.82. The molecule has 0 aliphatic heterocycles. The van der Waals surface area contributed by atoms with E-state index in [1.165, 1.54) is 44.5 Å². The van der Waals surface area contributed by atoms with E-state index in [9.17, 15) is 0 Å². The molecule has 1 aliphatic carbocycles. The van der Waals surface area contributed by atoms with Crippen molar-refractivity contribution in [1.29, 1.82) is 0 Å². The van der Waals surface area contributed by atoms with Crippen LogP contribution in [0.25, 0.3) is 11.1 Å².